The molecule has 0 bridgehead atoms. The lowest BCUT2D eigenvalue weighted by Crippen LogP contribution is -1.95. The minimum atomic E-state index is 0.275. The number of carbonyl (C=O) groups is 1. The van der Waals surface area contributed by atoms with E-state index >= 15 is 0 Å². The third-order valence-electron chi connectivity index (χ3n) is 2.45. The maximum Gasteiger partial charge on any atom is 0.138 e. The van der Waals surface area contributed by atoms with Crippen molar-refractivity contribution in [1.29, 1.82) is 0 Å². The van der Waals surface area contributed by atoms with Crippen molar-refractivity contribution in [3.63, 3.8) is 0 Å². The van der Waals surface area contributed by atoms with Gasteiger partial charge in [-0.05, 0) is 25.8 Å². The van der Waals surface area contributed by atoms with E-state index in [2.05, 4.69) is 4.90 Å². The lowest BCUT2D eigenvalue weighted by molar-refractivity contribution is -0.108. The highest BCUT2D eigenvalue weighted by molar-refractivity contribution is 5.64. The summed E-state index contributed by atoms with van der Waals surface area (Å²) in [5.74, 6) is 0.866. The minimum absolute atomic E-state index is 0.275. The van der Waals surface area contributed by atoms with Crippen molar-refractivity contribution in [2.45, 2.75) is 24.9 Å². The molecule has 2 aliphatic rings. The van der Waals surface area contributed by atoms with Crippen LogP contribution in [0.3, 0.4) is 0 Å². The summed E-state index contributed by atoms with van der Waals surface area (Å²) < 4.78 is 0. The van der Waals surface area contributed by atoms with Crippen LogP contribution in [-0.2, 0) is 4.79 Å². The summed E-state index contributed by atoms with van der Waals surface area (Å²) in [6, 6.07) is 0.903. The van der Waals surface area contributed by atoms with Crippen LogP contribution in [0.1, 0.15) is 12.8 Å². The van der Waals surface area contributed by atoms with Crippen LogP contribution in [0.4, 0.5) is 0 Å². The molecule has 1 saturated heterocycles. The normalized spacial score (nSPS) is 48.8. The fourth-order valence-corrected chi connectivity index (χ4v) is 1.61. The van der Waals surface area contributed by atoms with Gasteiger partial charge in [0, 0.05) is 6.04 Å². The molecule has 0 radical (unpaired) electrons. The molecule has 0 amide bonds. The molecule has 50 valence electrons. The van der Waals surface area contributed by atoms with Gasteiger partial charge in [0.15, 0.2) is 0 Å². The van der Waals surface area contributed by atoms with Gasteiger partial charge in [0.05, 0.1) is 6.04 Å². The molecule has 0 spiro atoms. The summed E-state index contributed by atoms with van der Waals surface area (Å²) in [4.78, 5) is 12.4. The van der Waals surface area contributed by atoms with E-state index in [1.807, 2.05) is 7.05 Å². The van der Waals surface area contributed by atoms with Gasteiger partial charge in [-0.1, -0.05) is 0 Å². The summed E-state index contributed by atoms with van der Waals surface area (Å²) in [7, 11) is 2.03. The molecule has 3 atom stereocenters. The van der Waals surface area contributed by atoms with Gasteiger partial charge in [-0.25, -0.2) is 0 Å². The molecule has 2 rings (SSSR count). The van der Waals surface area contributed by atoms with Crippen LogP contribution < -0.4 is 0 Å². The molecule has 0 aromatic rings. The largest absolute Gasteiger partial charge is 0.302 e. The summed E-state index contributed by atoms with van der Waals surface area (Å²) in [6.45, 7) is 0. The number of hydrogen-bond donors (Lipinski definition) is 0. The molecule has 2 fully saturated rings. The van der Waals surface area contributed by atoms with Crippen molar-refractivity contribution < 1.29 is 4.79 Å². The Labute approximate surface area is 54.8 Å². The van der Waals surface area contributed by atoms with Crippen molar-refractivity contribution in [3.05, 3.63) is 0 Å². The van der Waals surface area contributed by atoms with Gasteiger partial charge in [-0.15, -0.1) is 0 Å². The Morgan fingerprint density at radius 1 is 1.56 bits per heavy atom. The van der Waals surface area contributed by atoms with Crippen molar-refractivity contribution in [3.8, 4) is 0 Å². The molecule has 0 aromatic heterocycles. The second-order valence-electron chi connectivity index (χ2n) is 3.12. The predicted molar refractivity (Wildman–Crippen MR) is 34.1 cm³/mol. The minimum Gasteiger partial charge on any atom is -0.302 e. The SMILES string of the molecule is CN1[C@H](C2CC2)[C@@H]1C=O. The van der Waals surface area contributed by atoms with Gasteiger partial charge in [0.25, 0.3) is 0 Å². The second kappa shape index (κ2) is 1.57. The molecule has 1 unspecified atom stereocenters. The number of hydrogen-bond acceptors (Lipinski definition) is 2. The Morgan fingerprint density at radius 2 is 2.22 bits per heavy atom. The maximum absolute atomic E-state index is 10.3. The average Bonchev–Trinajstić information content (AvgIpc) is 2.61. The van der Waals surface area contributed by atoms with E-state index in [1.54, 1.807) is 0 Å². The predicted octanol–water partition coefficient (Wildman–Crippen LogP) is 0.278. The zero-order valence-electron chi connectivity index (χ0n) is 5.58. The molecule has 2 heteroatoms. The smallest absolute Gasteiger partial charge is 0.138 e. The molecular weight excluding hydrogens is 114 g/mol. The van der Waals surface area contributed by atoms with Crippen molar-refractivity contribution in [1.82, 2.24) is 4.90 Å². The topological polar surface area (TPSA) is 20.1 Å². The number of likely N-dealkylation sites (N-methyl/N-ethyl adjacent to an activating group) is 1. The van der Waals surface area contributed by atoms with Gasteiger partial charge in [-0.2, -0.15) is 0 Å². The Bertz CT molecular complexity index is 142. The molecule has 1 aliphatic heterocycles. The maximum atomic E-state index is 10.3. The first-order valence-corrected chi connectivity index (χ1v) is 3.52. The fourth-order valence-electron chi connectivity index (χ4n) is 1.61. The van der Waals surface area contributed by atoms with Gasteiger partial charge in [0.1, 0.15) is 6.29 Å². The molecule has 1 heterocycles. The molecule has 0 aromatic carbocycles. The van der Waals surface area contributed by atoms with Gasteiger partial charge in [-0.3, -0.25) is 4.90 Å². The number of nitrogens with zero attached hydrogens (tertiary/aromatic N) is 1. The van der Waals surface area contributed by atoms with Gasteiger partial charge in [0.2, 0.25) is 0 Å². The summed E-state index contributed by atoms with van der Waals surface area (Å²) in [5, 5.41) is 0. The Balaban J connectivity index is 1.94. The van der Waals surface area contributed by atoms with E-state index in [0.29, 0.717) is 6.04 Å². The van der Waals surface area contributed by atoms with Crippen LogP contribution in [0.2, 0.25) is 0 Å². The first-order chi connectivity index (χ1) is 4.34. The third-order valence-corrected chi connectivity index (χ3v) is 2.45. The van der Waals surface area contributed by atoms with Gasteiger partial charge < -0.3 is 4.79 Å². The van der Waals surface area contributed by atoms with E-state index in [0.717, 1.165) is 12.2 Å². The summed E-state index contributed by atoms with van der Waals surface area (Å²) >= 11 is 0. The first-order valence-electron chi connectivity index (χ1n) is 3.52. The van der Waals surface area contributed by atoms with Crippen molar-refractivity contribution in [2.75, 3.05) is 7.05 Å². The Hall–Kier alpha value is -0.370. The highest BCUT2D eigenvalue weighted by Gasteiger charge is 2.52. The van der Waals surface area contributed by atoms with Gasteiger partial charge >= 0.3 is 0 Å². The van der Waals surface area contributed by atoms with E-state index in [4.69, 9.17) is 0 Å². The zero-order chi connectivity index (χ0) is 6.43. The highest BCUT2D eigenvalue weighted by Crippen LogP contribution is 2.44. The summed E-state index contributed by atoms with van der Waals surface area (Å²) in [6.07, 6.45) is 3.77. The quantitative estimate of drug-likeness (QED) is 0.390. The average molecular weight is 125 g/mol. The Morgan fingerprint density at radius 3 is 2.56 bits per heavy atom. The van der Waals surface area contributed by atoms with Crippen LogP contribution >= 0.6 is 0 Å². The van der Waals surface area contributed by atoms with Crippen LogP contribution in [-0.4, -0.2) is 30.3 Å². The number of aldehydes is 1. The van der Waals surface area contributed by atoms with E-state index in [1.165, 1.54) is 12.8 Å². The number of rotatable bonds is 2. The molecule has 0 N–H and O–H groups in total. The zero-order valence-corrected chi connectivity index (χ0v) is 5.58. The summed E-state index contributed by atoms with van der Waals surface area (Å²) in [5.41, 5.74) is 0. The standard InChI is InChI=1S/C7H11NO/c1-8-6(4-9)7(8)5-2-3-5/h4-7H,2-3H2,1H3/t6-,7+,8?/m0/s1. The molecule has 1 saturated carbocycles. The molecule has 2 nitrogen and oxygen atoms in total. The first kappa shape index (κ1) is 5.42. The Kier molecular flexibility index (Phi) is 0.943. The van der Waals surface area contributed by atoms with Crippen LogP contribution in [0.5, 0.6) is 0 Å². The van der Waals surface area contributed by atoms with E-state index in [-0.39, 0.29) is 6.04 Å². The highest BCUT2D eigenvalue weighted by atomic mass is 16.1. The molecule has 9 heavy (non-hydrogen) atoms. The number of carbonyl (C=O) groups excluding carboxylic acids is 1. The lowest BCUT2D eigenvalue weighted by atomic mass is 10.2. The second-order valence-corrected chi connectivity index (χ2v) is 3.12. The van der Waals surface area contributed by atoms with Crippen LogP contribution in [0.25, 0.3) is 0 Å². The van der Waals surface area contributed by atoms with Crippen LogP contribution in [0, 0.1) is 5.92 Å². The van der Waals surface area contributed by atoms with Crippen molar-refractivity contribution >= 4 is 6.29 Å². The van der Waals surface area contributed by atoms with Crippen LogP contribution in [0.15, 0.2) is 0 Å². The third kappa shape index (κ3) is 0.697. The fraction of sp³-hybridized carbons (Fsp3) is 0.857. The van der Waals surface area contributed by atoms with E-state index < -0.39 is 0 Å². The lowest BCUT2D eigenvalue weighted by Gasteiger charge is -1.85. The van der Waals surface area contributed by atoms with E-state index in [9.17, 15) is 4.79 Å². The molecular formula is C7H11NO. The molecule has 1 aliphatic carbocycles. The van der Waals surface area contributed by atoms with Crippen molar-refractivity contribution in [2.24, 2.45) is 5.92 Å². The monoisotopic (exact) mass is 125 g/mol.